The second-order valence-corrected chi connectivity index (χ2v) is 3.65. The Morgan fingerprint density at radius 1 is 1.29 bits per heavy atom. The molecule has 0 heterocycles. The number of carbonyl (C=O) groups is 1. The average Bonchev–Trinajstić information content (AvgIpc) is 2.16. The van der Waals surface area contributed by atoms with Gasteiger partial charge < -0.3 is 5.11 Å². The van der Waals surface area contributed by atoms with E-state index in [2.05, 4.69) is 13.0 Å². The maximum absolute atomic E-state index is 10.7. The third kappa shape index (κ3) is 6.70. The summed E-state index contributed by atoms with van der Waals surface area (Å²) in [6.07, 6.45) is 10.3. The first-order valence-corrected chi connectivity index (χ1v) is 5.60. The molecule has 2 nitrogen and oxygen atoms in total. The number of hydrogen-bond donors (Lipinski definition) is 1. The lowest BCUT2D eigenvalue weighted by atomic mass is 10.0. The summed E-state index contributed by atoms with van der Waals surface area (Å²) in [5.41, 5.74) is 0. The summed E-state index contributed by atoms with van der Waals surface area (Å²) < 4.78 is 0. The van der Waals surface area contributed by atoms with Gasteiger partial charge in [0.1, 0.15) is 0 Å². The maximum Gasteiger partial charge on any atom is 0.306 e. The Hall–Kier alpha value is -0.790. The molecule has 0 aromatic carbocycles. The second kappa shape index (κ2) is 8.79. The molecule has 1 N–H and O–H groups in total. The minimum absolute atomic E-state index is 0.197. The summed E-state index contributed by atoms with van der Waals surface area (Å²) in [5, 5.41) is 8.78. The van der Waals surface area contributed by atoms with Gasteiger partial charge >= 0.3 is 5.97 Å². The SMILES string of the molecule is CCCCCC=CCC(CC)C(=O)O. The number of allylic oxidation sites excluding steroid dienone is 2. The summed E-state index contributed by atoms with van der Waals surface area (Å²) in [5.74, 6) is -0.872. The highest BCUT2D eigenvalue weighted by molar-refractivity contribution is 5.70. The van der Waals surface area contributed by atoms with Gasteiger partial charge in [0, 0.05) is 0 Å². The van der Waals surface area contributed by atoms with Crippen LogP contribution in [0.15, 0.2) is 12.2 Å². The highest BCUT2D eigenvalue weighted by atomic mass is 16.4. The van der Waals surface area contributed by atoms with Gasteiger partial charge in [0.15, 0.2) is 0 Å². The fourth-order valence-electron chi connectivity index (χ4n) is 1.33. The normalized spacial score (nSPS) is 13.3. The third-order valence-electron chi connectivity index (χ3n) is 2.40. The first kappa shape index (κ1) is 13.2. The van der Waals surface area contributed by atoms with Crippen molar-refractivity contribution in [2.45, 2.75) is 52.4 Å². The fraction of sp³-hybridized carbons (Fsp3) is 0.750. The molecule has 0 fully saturated rings. The van der Waals surface area contributed by atoms with E-state index in [4.69, 9.17) is 5.11 Å². The van der Waals surface area contributed by atoms with E-state index in [9.17, 15) is 4.79 Å². The van der Waals surface area contributed by atoms with Gasteiger partial charge in [0.2, 0.25) is 0 Å². The zero-order valence-corrected chi connectivity index (χ0v) is 9.33. The molecule has 0 amide bonds. The van der Waals surface area contributed by atoms with Gasteiger partial charge in [-0.15, -0.1) is 0 Å². The largest absolute Gasteiger partial charge is 0.481 e. The fourth-order valence-corrected chi connectivity index (χ4v) is 1.33. The van der Waals surface area contributed by atoms with Crippen LogP contribution in [0, 0.1) is 5.92 Å². The lowest BCUT2D eigenvalue weighted by molar-refractivity contribution is -0.141. The van der Waals surface area contributed by atoms with E-state index in [0.29, 0.717) is 12.8 Å². The standard InChI is InChI=1S/C12H22O2/c1-3-5-6-7-8-9-10-11(4-2)12(13)14/h8-9,11H,3-7,10H2,1-2H3,(H,13,14). The summed E-state index contributed by atoms with van der Waals surface area (Å²) in [7, 11) is 0. The number of hydrogen-bond acceptors (Lipinski definition) is 1. The average molecular weight is 198 g/mol. The van der Waals surface area contributed by atoms with Crippen LogP contribution in [-0.2, 0) is 4.79 Å². The summed E-state index contributed by atoms with van der Waals surface area (Å²) in [4.78, 5) is 10.7. The van der Waals surface area contributed by atoms with Gasteiger partial charge in [-0.3, -0.25) is 4.79 Å². The molecule has 82 valence electrons. The molecule has 0 radical (unpaired) electrons. The van der Waals surface area contributed by atoms with Gasteiger partial charge in [-0.1, -0.05) is 38.8 Å². The summed E-state index contributed by atoms with van der Waals surface area (Å²) in [6.45, 7) is 4.10. The Bertz CT molecular complexity index is 173. The molecular formula is C12H22O2. The number of carboxylic acid groups (broad SMARTS) is 1. The van der Waals surface area contributed by atoms with Gasteiger partial charge in [-0.25, -0.2) is 0 Å². The van der Waals surface area contributed by atoms with Crippen molar-refractivity contribution in [3.8, 4) is 0 Å². The monoisotopic (exact) mass is 198 g/mol. The smallest absolute Gasteiger partial charge is 0.306 e. The molecule has 1 unspecified atom stereocenters. The van der Waals surface area contributed by atoms with Crippen molar-refractivity contribution in [2.24, 2.45) is 5.92 Å². The highest BCUT2D eigenvalue weighted by Gasteiger charge is 2.11. The number of rotatable bonds is 8. The van der Waals surface area contributed by atoms with E-state index in [1.165, 1.54) is 19.3 Å². The molecule has 0 spiro atoms. The molecule has 0 aliphatic heterocycles. The van der Waals surface area contributed by atoms with Crippen molar-refractivity contribution in [1.82, 2.24) is 0 Å². The van der Waals surface area contributed by atoms with Crippen LogP contribution in [0.3, 0.4) is 0 Å². The molecule has 1 atom stereocenters. The Kier molecular flexibility index (Phi) is 8.30. The van der Waals surface area contributed by atoms with E-state index in [1.54, 1.807) is 0 Å². The highest BCUT2D eigenvalue weighted by Crippen LogP contribution is 2.09. The molecule has 0 aromatic heterocycles. The molecular weight excluding hydrogens is 176 g/mol. The predicted octanol–water partition coefficient (Wildman–Crippen LogP) is 3.62. The van der Waals surface area contributed by atoms with E-state index >= 15 is 0 Å². The molecule has 0 bridgehead atoms. The second-order valence-electron chi connectivity index (χ2n) is 3.65. The molecule has 0 saturated heterocycles. The molecule has 0 aromatic rings. The van der Waals surface area contributed by atoms with Crippen molar-refractivity contribution < 1.29 is 9.90 Å². The van der Waals surface area contributed by atoms with Gasteiger partial charge in [0.25, 0.3) is 0 Å². The van der Waals surface area contributed by atoms with Crippen LogP contribution in [0.5, 0.6) is 0 Å². The summed E-state index contributed by atoms with van der Waals surface area (Å²) >= 11 is 0. The van der Waals surface area contributed by atoms with Crippen LogP contribution >= 0.6 is 0 Å². The van der Waals surface area contributed by atoms with Crippen LogP contribution < -0.4 is 0 Å². The van der Waals surface area contributed by atoms with Crippen molar-refractivity contribution in [2.75, 3.05) is 0 Å². The van der Waals surface area contributed by atoms with Crippen LogP contribution in [0.2, 0.25) is 0 Å². The molecule has 0 rings (SSSR count). The van der Waals surface area contributed by atoms with Crippen molar-refractivity contribution >= 4 is 5.97 Å². The molecule has 2 heteroatoms. The van der Waals surface area contributed by atoms with Gasteiger partial charge in [-0.2, -0.15) is 0 Å². The van der Waals surface area contributed by atoms with Crippen LogP contribution in [0.25, 0.3) is 0 Å². The van der Waals surface area contributed by atoms with Crippen molar-refractivity contribution in [1.29, 1.82) is 0 Å². The first-order valence-electron chi connectivity index (χ1n) is 5.60. The Morgan fingerprint density at radius 3 is 2.50 bits per heavy atom. The Morgan fingerprint density at radius 2 is 2.00 bits per heavy atom. The molecule has 14 heavy (non-hydrogen) atoms. The lowest BCUT2D eigenvalue weighted by Crippen LogP contribution is -2.11. The van der Waals surface area contributed by atoms with Crippen molar-refractivity contribution in [3.05, 3.63) is 12.2 Å². The first-order chi connectivity index (χ1) is 6.72. The molecule has 0 saturated carbocycles. The number of carboxylic acids is 1. The number of aliphatic carboxylic acids is 1. The quantitative estimate of drug-likeness (QED) is 0.477. The topological polar surface area (TPSA) is 37.3 Å². The molecule has 0 aliphatic rings. The Balaban J connectivity index is 3.53. The number of unbranched alkanes of at least 4 members (excludes halogenated alkanes) is 3. The van der Waals surface area contributed by atoms with Gasteiger partial charge in [-0.05, 0) is 25.7 Å². The van der Waals surface area contributed by atoms with Crippen molar-refractivity contribution in [3.63, 3.8) is 0 Å². The zero-order chi connectivity index (χ0) is 10.8. The molecule has 0 aliphatic carbocycles. The predicted molar refractivity (Wildman–Crippen MR) is 59.3 cm³/mol. The zero-order valence-electron chi connectivity index (χ0n) is 9.33. The van der Waals surface area contributed by atoms with Gasteiger partial charge in [0.05, 0.1) is 5.92 Å². The minimum Gasteiger partial charge on any atom is -0.481 e. The minimum atomic E-state index is -0.675. The lowest BCUT2D eigenvalue weighted by Gasteiger charge is -2.04. The van der Waals surface area contributed by atoms with E-state index in [1.807, 2.05) is 13.0 Å². The van der Waals surface area contributed by atoms with Crippen LogP contribution in [0.1, 0.15) is 52.4 Å². The third-order valence-corrected chi connectivity index (χ3v) is 2.40. The van der Waals surface area contributed by atoms with E-state index < -0.39 is 5.97 Å². The maximum atomic E-state index is 10.7. The Labute approximate surface area is 87.0 Å². The van der Waals surface area contributed by atoms with Crippen LogP contribution in [0.4, 0.5) is 0 Å². The van der Waals surface area contributed by atoms with E-state index in [-0.39, 0.29) is 5.92 Å². The summed E-state index contributed by atoms with van der Waals surface area (Å²) in [6, 6.07) is 0. The van der Waals surface area contributed by atoms with Crippen LogP contribution in [-0.4, -0.2) is 11.1 Å². The van der Waals surface area contributed by atoms with E-state index in [0.717, 1.165) is 6.42 Å².